The lowest BCUT2D eigenvalue weighted by molar-refractivity contribution is -0.137. The second-order valence-corrected chi connectivity index (χ2v) is 6.57. The van der Waals surface area contributed by atoms with E-state index in [1.54, 1.807) is 0 Å². The molecule has 1 amide bonds. The molecule has 29 heavy (non-hydrogen) atoms. The van der Waals surface area contributed by atoms with Crippen LogP contribution in [0.5, 0.6) is 5.75 Å². The summed E-state index contributed by atoms with van der Waals surface area (Å²) in [5, 5.41) is 9.32. The van der Waals surface area contributed by atoms with Crippen molar-refractivity contribution in [3.63, 3.8) is 0 Å². The molecule has 3 N–H and O–H groups in total. The van der Waals surface area contributed by atoms with Crippen LogP contribution in [-0.2, 0) is 6.18 Å². The zero-order chi connectivity index (χ0) is 21.5. The minimum atomic E-state index is -4.87. The Balaban J connectivity index is 2.48. The van der Waals surface area contributed by atoms with Crippen molar-refractivity contribution in [2.75, 3.05) is 0 Å². The molecular weight excluding hydrogens is 417 g/mol. The number of hydrogen-bond donors (Lipinski definition) is 2. The highest BCUT2D eigenvalue weighted by molar-refractivity contribution is 6.31. The number of halogens is 6. The number of benzene rings is 3. The lowest BCUT2D eigenvalue weighted by Gasteiger charge is -2.18. The van der Waals surface area contributed by atoms with Gasteiger partial charge >= 0.3 is 6.18 Å². The first-order valence-corrected chi connectivity index (χ1v) is 8.35. The number of primary amides is 1. The number of aromatic hydroxyl groups is 1. The van der Waals surface area contributed by atoms with Crippen molar-refractivity contribution >= 4 is 17.5 Å². The predicted molar refractivity (Wildman–Crippen MR) is 97.4 cm³/mol. The fourth-order valence-corrected chi connectivity index (χ4v) is 3.17. The van der Waals surface area contributed by atoms with Crippen LogP contribution in [0.25, 0.3) is 22.3 Å². The fraction of sp³-hybridized carbons (Fsp3) is 0.0500. The van der Waals surface area contributed by atoms with Gasteiger partial charge in [0.2, 0.25) is 5.91 Å². The van der Waals surface area contributed by atoms with E-state index in [0.717, 1.165) is 24.3 Å². The zero-order valence-electron chi connectivity index (χ0n) is 14.3. The van der Waals surface area contributed by atoms with Crippen LogP contribution in [-0.4, -0.2) is 11.0 Å². The molecule has 0 bridgehead atoms. The minimum Gasteiger partial charge on any atom is -0.508 e. The molecule has 0 saturated heterocycles. The number of rotatable bonds is 3. The topological polar surface area (TPSA) is 63.3 Å². The van der Waals surface area contributed by atoms with Crippen molar-refractivity contribution in [1.29, 1.82) is 0 Å². The molecule has 150 valence electrons. The van der Waals surface area contributed by atoms with Gasteiger partial charge in [0.25, 0.3) is 0 Å². The molecule has 0 spiro atoms. The van der Waals surface area contributed by atoms with Gasteiger partial charge in [-0.2, -0.15) is 13.2 Å². The molecule has 3 nitrogen and oxygen atoms in total. The van der Waals surface area contributed by atoms with E-state index in [0.29, 0.717) is 18.2 Å². The Morgan fingerprint density at radius 2 is 1.66 bits per heavy atom. The summed E-state index contributed by atoms with van der Waals surface area (Å²) in [6.07, 6.45) is -4.87. The Morgan fingerprint density at radius 1 is 0.966 bits per heavy atom. The highest BCUT2D eigenvalue weighted by Gasteiger charge is 2.34. The molecular formula is C20H11ClF5NO2. The zero-order valence-corrected chi connectivity index (χ0v) is 15.1. The van der Waals surface area contributed by atoms with Crippen molar-refractivity contribution in [3.05, 3.63) is 76.3 Å². The van der Waals surface area contributed by atoms with Gasteiger partial charge < -0.3 is 10.8 Å². The largest absolute Gasteiger partial charge is 0.508 e. The van der Waals surface area contributed by atoms with Crippen molar-refractivity contribution < 1.29 is 31.9 Å². The van der Waals surface area contributed by atoms with E-state index in [1.165, 1.54) is 6.07 Å². The summed E-state index contributed by atoms with van der Waals surface area (Å²) >= 11 is 5.84. The van der Waals surface area contributed by atoms with E-state index in [1.807, 2.05) is 0 Å². The summed E-state index contributed by atoms with van der Waals surface area (Å²) in [6.45, 7) is 0. The summed E-state index contributed by atoms with van der Waals surface area (Å²) in [4.78, 5) is 12.0. The molecule has 3 aromatic rings. The number of amides is 1. The lowest BCUT2D eigenvalue weighted by Crippen LogP contribution is -2.16. The number of carbonyl (C=O) groups is 1. The predicted octanol–water partition coefficient (Wildman–Crippen LogP) is 5.78. The van der Waals surface area contributed by atoms with Crippen LogP contribution in [0.2, 0.25) is 5.02 Å². The maximum atomic E-state index is 14.5. The molecule has 0 heterocycles. The van der Waals surface area contributed by atoms with Gasteiger partial charge in [0.05, 0.1) is 5.56 Å². The normalized spacial score (nSPS) is 11.5. The Bertz CT molecular complexity index is 1110. The summed E-state index contributed by atoms with van der Waals surface area (Å²) in [5.41, 5.74) is 2.42. The average Bonchev–Trinajstić information content (AvgIpc) is 2.59. The molecule has 0 radical (unpaired) electrons. The third-order valence-corrected chi connectivity index (χ3v) is 4.34. The quantitative estimate of drug-likeness (QED) is 0.521. The monoisotopic (exact) mass is 427 g/mol. The molecule has 9 heteroatoms. The molecule has 0 aromatic heterocycles. The second-order valence-electron chi connectivity index (χ2n) is 6.13. The van der Waals surface area contributed by atoms with Gasteiger partial charge in [-0.05, 0) is 53.6 Å². The molecule has 0 aliphatic rings. The first-order chi connectivity index (χ1) is 13.5. The van der Waals surface area contributed by atoms with Gasteiger partial charge in [-0.1, -0.05) is 11.6 Å². The SMILES string of the molecule is NC(=O)c1cc(C(F)(F)F)cc(-c2ccc(O)cc2F)c1-c1cc(F)cc(Cl)c1. The van der Waals surface area contributed by atoms with Crippen molar-refractivity contribution in [1.82, 2.24) is 0 Å². The van der Waals surface area contributed by atoms with Crippen LogP contribution in [0, 0.1) is 11.6 Å². The van der Waals surface area contributed by atoms with Gasteiger partial charge in [-0.15, -0.1) is 0 Å². The molecule has 0 unspecified atom stereocenters. The van der Waals surface area contributed by atoms with Crippen molar-refractivity contribution in [2.45, 2.75) is 6.18 Å². The average molecular weight is 428 g/mol. The molecule has 3 aromatic carbocycles. The number of phenolic OH excluding ortho intramolecular Hbond substituents is 1. The summed E-state index contributed by atoms with van der Waals surface area (Å²) in [7, 11) is 0. The third-order valence-electron chi connectivity index (χ3n) is 4.13. The number of phenols is 1. The molecule has 0 fully saturated rings. The number of hydrogen-bond acceptors (Lipinski definition) is 2. The molecule has 0 aliphatic carbocycles. The van der Waals surface area contributed by atoms with Gasteiger partial charge in [0.15, 0.2) is 0 Å². The fourth-order valence-electron chi connectivity index (χ4n) is 2.94. The third kappa shape index (κ3) is 4.17. The van der Waals surface area contributed by atoms with E-state index < -0.39 is 40.6 Å². The van der Waals surface area contributed by atoms with Crippen LogP contribution < -0.4 is 5.73 Å². The van der Waals surface area contributed by atoms with E-state index in [9.17, 15) is 31.9 Å². The number of nitrogens with two attached hydrogens (primary N) is 1. The summed E-state index contributed by atoms with van der Waals surface area (Å²) in [5.74, 6) is -3.56. The Hall–Kier alpha value is -3.13. The summed E-state index contributed by atoms with van der Waals surface area (Å²) < 4.78 is 68.5. The first-order valence-electron chi connectivity index (χ1n) is 7.98. The van der Waals surface area contributed by atoms with Crippen LogP contribution in [0.4, 0.5) is 22.0 Å². The molecule has 0 aliphatic heterocycles. The van der Waals surface area contributed by atoms with Gasteiger partial charge in [-0.25, -0.2) is 8.78 Å². The van der Waals surface area contributed by atoms with Gasteiger partial charge in [-0.3, -0.25) is 4.79 Å². The van der Waals surface area contributed by atoms with Crippen LogP contribution >= 0.6 is 11.6 Å². The van der Waals surface area contributed by atoms with E-state index in [4.69, 9.17) is 17.3 Å². The van der Waals surface area contributed by atoms with Crippen LogP contribution in [0.3, 0.4) is 0 Å². The highest BCUT2D eigenvalue weighted by atomic mass is 35.5. The highest BCUT2D eigenvalue weighted by Crippen LogP contribution is 2.42. The van der Waals surface area contributed by atoms with Crippen LogP contribution in [0.1, 0.15) is 15.9 Å². The standard InChI is InChI=1S/C20H11ClF5NO2/c21-11-3-9(4-12(22)7-11)18-15(14-2-1-13(28)8-17(14)23)5-10(20(24,25)26)6-16(18)19(27)29/h1-8,28H,(H2,27,29). The maximum Gasteiger partial charge on any atom is 0.416 e. The first kappa shape index (κ1) is 20.6. The number of alkyl halides is 3. The molecule has 3 rings (SSSR count). The lowest BCUT2D eigenvalue weighted by atomic mass is 9.88. The molecule has 0 atom stereocenters. The second kappa shape index (κ2) is 7.36. The Morgan fingerprint density at radius 3 is 2.21 bits per heavy atom. The minimum absolute atomic E-state index is 0.0694. The van der Waals surface area contributed by atoms with Gasteiger partial charge in [0, 0.05) is 27.8 Å². The van der Waals surface area contributed by atoms with E-state index >= 15 is 0 Å². The number of carbonyl (C=O) groups excluding carboxylic acids is 1. The van der Waals surface area contributed by atoms with Gasteiger partial charge in [0.1, 0.15) is 17.4 Å². The summed E-state index contributed by atoms with van der Waals surface area (Å²) in [6, 6.07) is 7.03. The van der Waals surface area contributed by atoms with Crippen LogP contribution in [0.15, 0.2) is 48.5 Å². The van der Waals surface area contributed by atoms with E-state index in [-0.39, 0.29) is 27.3 Å². The van der Waals surface area contributed by atoms with E-state index in [2.05, 4.69) is 0 Å². The Kier molecular flexibility index (Phi) is 5.23. The van der Waals surface area contributed by atoms with Crippen molar-refractivity contribution in [3.8, 4) is 28.0 Å². The smallest absolute Gasteiger partial charge is 0.416 e. The molecule has 0 saturated carbocycles. The van der Waals surface area contributed by atoms with Crippen molar-refractivity contribution in [2.24, 2.45) is 5.73 Å². The maximum absolute atomic E-state index is 14.5. The Labute approximate surface area is 166 Å².